The maximum atomic E-state index is 10.6. The molecule has 0 amide bonds. The maximum Gasteiger partial charge on any atom is 0.354 e. The number of carboxylic acids is 1. The van der Waals surface area contributed by atoms with E-state index in [9.17, 15) is 4.79 Å². The zero-order valence-electron chi connectivity index (χ0n) is 9.72. The van der Waals surface area contributed by atoms with E-state index in [-0.39, 0.29) is 12.3 Å². The fourth-order valence-corrected chi connectivity index (χ4v) is 1.45. The van der Waals surface area contributed by atoms with Gasteiger partial charge in [-0.05, 0) is 25.0 Å². The number of nitrogens with one attached hydrogen (secondary N) is 1. The third-order valence-corrected chi connectivity index (χ3v) is 2.40. The van der Waals surface area contributed by atoms with Crippen LogP contribution in [0, 0.1) is 0 Å². The molecule has 0 radical (unpaired) electrons. The number of carbonyl (C=O) groups is 1. The third-order valence-electron chi connectivity index (χ3n) is 2.40. The Bertz CT molecular complexity index is 338. The average molecular weight is 238 g/mol. The number of pyridine rings is 1. The van der Waals surface area contributed by atoms with Crippen molar-refractivity contribution in [2.24, 2.45) is 0 Å². The van der Waals surface area contributed by atoms with E-state index in [1.807, 2.05) is 0 Å². The molecule has 5 heteroatoms. The Balaban J connectivity index is 2.21. The molecule has 1 aromatic heterocycles. The van der Waals surface area contributed by atoms with Crippen LogP contribution in [-0.2, 0) is 0 Å². The Labute approximate surface area is 101 Å². The smallest absolute Gasteiger partial charge is 0.354 e. The van der Waals surface area contributed by atoms with Crippen molar-refractivity contribution in [1.29, 1.82) is 0 Å². The summed E-state index contributed by atoms with van der Waals surface area (Å²) < 4.78 is 0. The Morgan fingerprint density at radius 2 is 2.00 bits per heavy atom. The highest BCUT2D eigenvalue weighted by Crippen LogP contribution is 2.07. The van der Waals surface area contributed by atoms with Crippen LogP contribution in [0.4, 0.5) is 5.69 Å². The van der Waals surface area contributed by atoms with Crippen LogP contribution < -0.4 is 5.32 Å². The Hall–Kier alpha value is -1.62. The van der Waals surface area contributed by atoms with E-state index in [1.165, 1.54) is 12.3 Å². The summed E-state index contributed by atoms with van der Waals surface area (Å²) in [6, 6.07) is 3.20. The van der Waals surface area contributed by atoms with Crippen molar-refractivity contribution in [1.82, 2.24) is 4.98 Å². The summed E-state index contributed by atoms with van der Waals surface area (Å²) >= 11 is 0. The molecule has 1 rings (SSSR count). The highest BCUT2D eigenvalue weighted by atomic mass is 16.4. The summed E-state index contributed by atoms with van der Waals surface area (Å²) in [5.41, 5.74) is 0.885. The molecule has 0 fully saturated rings. The normalized spacial score (nSPS) is 10.2. The van der Waals surface area contributed by atoms with Gasteiger partial charge in [0.05, 0.1) is 11.9 Å². The van der Waals surface area contributed by atoms with Crippen LogP contribution in [-0.4, -0.2) is 34.3 Å². The molecule has 94 valence electrons. The lowest BCUT2D eigenvalue weighted by molar-refractivity contribution is 0.0690. The van der Waals surface area contributed by atoms with Gasteiger partial charge in [0.1, 0.15) is 5.69 Å². The van der Waals surface area contributed by atoms with Crippen LogP contribution in [0.25, 0.3) is 0 Å². The second kappa shape index (κ2) is 7.62. The monoisotopic (exact) mass is 238 g/mol. The minimum Gasteiger partial charge on any atom is -0.477 e. The van der Waals surface area contributed by atoms with Gasteiger partial charge in [-0.15, -0.1) is 0 Å². The number of aliphatic hydroxyl groups is 1. The second-order valence-electron chi connectivity index (χ2n) is 3.80. The molecule has 0 saturated heterocycles. The standard InChI is InChI=1S/C12H18N2O3/c15-8-4-2-1-3-7-13-10-5-6-11(12(16)17)14-9-10/h5-6,9,13,15H,1-4,7-8H2,(H,16,17). The van der Waals surface area contributed by atoms with Gasteiger partial charge in [-0.25, -0.2) is 9.78 Å². The fraction of sp³-hybridized carbons (Fsp3) is 0.500. The van der Waals surface area contributed by atoms with E-state index in [0.717, 1.165) is 37.9 Å². The van der Waals surface area contributed by atoms with Gasteiger partial charge >= 0.3 is 5.97 Å². The molecular weight excluding hydrogens is 220 g/mol. The van der Waals surface area contributed by atoms with Crippen LogP contribution in [0.3, 0.4) is 0 Å². The minimum atomic E-state index is -1.01. The molecule has 3 N–H and O–H groups in total. The van der Waals surface area contributed by atoms with Crippen LogP contribution in [0.5, 0.6) is 0 Å². The first-order valence-electron chi connectivity index (χ1n) is 5.78. The number of hydrogen-bond donors (Lipinski definition) is 3. The number of aliphatic hydroxyl groups excluding tert-OH is 1. The number of carboxylic acid groups (broad SMARTS) is 1. The number of unbranched alkanes of at least 4 members (excludes halogenated alkanes) is 3. The van der Waals surface area contributed by atoms with Crippen molar-refractivity contribution in [3.8, 4) is 0 Å². The lowest BCUT2D eigenvalue weighted by Gasteiger charge is -2.05. The van der Waals surface area contributed by atoms with Gasteiger partial charge in [0.15, 0.2) is 0 Å². The van der Waals surface area contributed by atoms with E-state index in [0.29, 0.717) is 0 Å². The Kier molecular flexibility index (Phi) is 6.03. The lowest BCUT2D eigenvalue weighted by Crippen LogP contribution is -2.04. The molecule has 0 aromatic carbocycles. The van der Waals surface area contributed by atoms with Crippen molar-refractivity contribution in [3.05, 3.63) is 24.0 Å². The van der Waals surface area contributed by atoms with Crippen molar-refractivity contribution >= 4 is 11.7 Å². The first kappa shape index (κ1) is 13.4. The summed E-state index contributed by atoms with van der Waals surface area (Å²) in [6.45, 7) is 1.09. The summed E-state index contributed by atoms with van der Waals surface area (Å²) in [5, 5.41) is 20.4. The van der Waals surface area contributed by atoms with Crippen molar-refractivity contribution in [2.45, 2.75) is 25.7 Å². The van der Waals surface area contributed by atoms with Crippen molar-refractivity contribution in [3.63, 3.8) is 0 Å². The highest BCUT2D eigenvalue weighted by Gasteiger charge is 2.02. The predicted octanol–water partition coefficient (Wildman–Crippen LogP) is 1.74. The Morgan fingerprint density at radius 1 is 1.24 bits per heavy atom. The molecule has 5 nitrogen and oxygen atoms in total. The van der Waals surface area contributed by atoms with Gasteiger partial charge in [0, 0.05) is 13.2 Å². The number of anilines is 1. The van der Waals surface area contributed by atoms with Crippen LogP contribution in [0.1, 0.15) is 36.2 Å². The molecule has 17 heavy (non-hydrogen) atoms. The third kappa shape index (κ3) is 5.31. The quantitative estimate of drug-likeness (QED) is 0.601. The number of nitrogens with zero attached hydrogens (tertiary/aromatic N) is 1. The molecule has 1 aromatic rings. The van der Waals surface area contributed by atoms with E-state index >= 15 is 0 Å². The maximum absolute atomic E-state index is 10.6. The summed E-state index contributed by atoms with van der Waals surface area (Å²) in [5.74, 6) is -1.01. The van der Waals surface area contributed by atoms with Gasteiger partial charge in [-0.2, -0.15) is 0 Å². The summed E-state index contributed by atoms with van der Waals surface area (Å²) in [6.07, 6.45) is 5.52. The lowest BCUT2D eigenvalue weighted by atomic mass is 10.2. The molecule has 0 unspecified atom stereocenters. The largest absolute Gasteiger partial charge is 0.477 e. The van der Waals surface area contributed by atoms with Gasteiger partial charge in [-0.1, -0.05) is 12.8 Å². The predicted molar refractivity (Wildman–Crippen MR) is 65.2 cm³/mol. The first-order valence-corrected chi connectivity index (χ1v) is 5.78. The highest BCUT2D eigenvalue weighted by molar-refractivity contribution is 5.85. The molecule has 0 atom stereocenters. The van der Waals surface area contributed by atoms with Gasteiger partial charge in [-0.3, -0.25) is 0 Å². The zero-order valence-corrected chi connectivity index (χ0v) is 9.72. The molecular formula is C12H18N2O3. The summed E-state index contributed by atoms with van der Waals surface area (Å²) in [4.78, 5) is 14.4. The minimum absolute atomic E-state index is 0.0542. The SMILES string of the molecule is O=C(O)c1ccc(NCCCCCCO)cn1. The topological polar surface area (TPSA) is 82.5 Å². The average Bonchev–Trinajstić information content (AvgIpc) is 2.34. The van der Waals surface area contributed by atoms with Crippen molar-refractivity contribution < 1.29 is 15.0 Å². The number of aromatic carboxylic acids is 1. The molecule has 0 aliphatic carbocycles. The van der Waals surface area contributed by atoms with E-state index < -0.39 is 5.97 Å². The molecule has 0 saturated carbocycles. The van der Waals surface area contributed by atoms with Crippen LogP contribution in [0.2, 0.25) is 0 Å². The molecule has 0 bridgehead atoms. The molecule has 0 aliphatic rings. The number of aromatic nitrogens is 1. The van der Waals surface area contributed by atoms with E-state index in [1.54, 1.807) is 6.07 Å². The van der Waals surface area contributed by atoms with E-state index in [2.05, 4.69) is 10.3 Å². The van der Waals surface area contributed by atoms with Gasteiger partial charge in [0.25, 0.3) is 0 Å². The second-order valence-corrected chi connectivity index (χ2v) is 3.80. The zero-order chi connectivity index (χ0) is 12.5. The van der Waals surface area contributed by atoms with E-state index in [4.69, 9.17) is 10.2 Å². The van der Waals surface area contributed by atoms with Crippen LogP contribution >= 0.6 is 0 Å². The number of rotatable bonds is 8. The molecule has 1 heterocycles. The van der Waals surface area contributed by atoms with Gasteiger partial charge in [0.2, 0.25) is 0 Å². The van der Waals surface area contributed by atoms with Crippen LogP contribution in [0.15, 0.2) is 18.3 Å². The first-order chi connectivity index (χ1) is 8.24. The van der Waals surface area contributed by atoms with Crippen molar-refractivity contribution in [2.75, 3.05) is 18.5 Å². The molecule has 0 spiro atoms. The van der Waals surface area contributed by atoms with Gasteiger partial charge < -0.3 is 15.5 Å². The number of hydrogen-bond acceptors (Lipinski definition) is 4. The Morgan fingerprint density at radius 3 is 2.59 bits per heavy atom. The fourth-order valence-electron chi connectivity index (χ4n) is 1.45. The summed E-state index contributed by atoms with van der Waals surface area (Å²) in [7, 11) is 0. The molecule has 0 aliphatic heterocycles.